The number of nitrogens with zero attached hydrogens (tertiary/aromatic N) is 1. The number of nitrogens with one attached hydrogen (secondary N) is 1. The van der Waals surface area contributed by atoms with Crippen molar-refractivity contribution in [3.8, 4) is 11.3 Å². The molecule has 2 heterocycles. The van der Waals surface area contributed by atoms with Gasteiger partial charge in [-0.1, -0.05) is 23.2 Å². The van der Waals surface area contributed by atoms with Crippen molar-refractivity contribution in [2.75, 3.05) is 13.2 Å². The Balaban J connectivity index is 0.000000300. The maximum absolute atomic E-state index is 11.1. The lowest BCUT2D eigenvalue weighted by Gasteiger charge is -2.15. The molecule has 0 amide bonds. The SMILES string of the molecule is CC(=O)C1C(=O)C=C(C)OC1=O.CCOC(=O)OC(=O)OCC.Cc1c(Cl)cc(-c2ccc(=O)[nH]n2)cc1Cl. The van der Waals surface area contributed by atoms with Crippen molar-refractivity contribution in [3.05, 3.63) is 62.1 Å². The molecule has 0 bridgehead atoms. The van der Waals surface area contributed by atoms with Crippen LogP contribution in [0, 0.1) is 12.8 Å². The first kappa shape index (κ1) is 33.0. The molecular weight excluding hydrogens is 559 g/mol. The number of ether oxygens (including phenoxy) is 4. The molecule has 14 heteroatoms. The van der Waals surface area contributed by atoms with Gasteiger partial charge in [-0.3, -0.25) is 19.2 Å². The van der Waals surface area contributed by atoms with E-state index < -0.39 is 35.8 Å². The molecule has 0 saturated heterocycles. The molecule has 0 fully saturated rings. The second-order valence-corrected chi connectivity index (χ2v) is 8.28. The van der Waals surface area contributed by atoms with Crippen molar-refractivity contribution < 1.29 is 42.9 Å². The highest BCUT2D eigenvalue weighted by Gasteiger charge is 2.34. The summed E-state index contributed by atoms with van der Waals surface area (Å²) in [5.41, 5.74) is 1.99. The third-order valence-electron chi connectivity index (χ3n) is 4.48. The van der Waals surface area contributed by atoms with Crippen LogP contribution in [-0.4, -0.2) is 53.3 Å². The largest absolute Gasteiger partial charge is 0.518 e. The number of hydrogen-bond acceptors (Lipinski definition) is 11. The highest BCUT2D eigenvalue weighted by Crippen LogP contribution is 2.29. The molecule has 1 atom stereocenters. The van der Waals surface area contributed by atoms with Gasteiger partial charge >= 0.3 is 18.3 Å². The molecule has 12 nitrogen and oxygen atoms in total. The van der Waals surface area contributed by atoms with Gasteiger partial charge < -0.3 is 18.9 Å². The Morgan fingerprint density at radius 2 is 1.51 bits per heavy atom. The average molecular weight is 585 g/mol. The van der Waals surface area contributed by atoms with E-state index in [1.165, 1.54) is 19.9 Å². The van der Waals surface area contributed by atoms with Gasteiger partial charge in [0.05, 0.1) is 18.9 Å². The van der Waals surface area contributed by atoms with E-state index in [2.05, 4.69) is 29.1 Å². The zero-order valence-electron chi connectivity index (χ0n) is 21.7. The lowest BCUT2D eigenvalue weighted by atomic mass is 9.98. The number of carbonyl (C=O) groups is 5. The van der Waals surface area contributed by atoms with Crippen LogP contribution in [0.5, 0.6) is 0 Å². The quantitative estimate of drug-likeness (QED) is 0.303. The number of aromatic amines is 1. The van der Waals surface area contributed by atoms with Crippen LogP contribution in [0.1, 0.15) is 33.3 Å². The minimum atomic E-state index is -1.24. The molecule has 0 radical (unpaired) electrons. The molecular formula is C25H26Cl2N2O10. The van der Waals surface area contributed by atoms with Crippen LogP contribution in [0.4, 0.5) is 9.59 Å². The maximum atomic E-state index is 11.1. The van der Waals surface area contributed by atoms with E-state index in [0.717, 1.165) is 17.2 Å². The summed E-state index contributed by atoms with van der Waals surface area (Å²) in [6.45, 7) is 8.06. The second-order valence-electron chi connectivity index (χ2n) is 7.46. The number of allylic oxidation sites excluding steroid dienone is 2. The predicted molar refractivity (Wildman–Crippen MR) is 139 cm³/mol. The van der Waals surface area contributed by atoms with Crippen molar-refractivity contribution in [3.63, 3.8) is 0 Å². The minimum Gasteiger partial charge on any atom is -0.434 e. The van der Waals surface area contributed by atoms with Crippen molar-refractivity contribution in [1.29, 1.82) is 0 Å². The molecule has 0 aliphatic carbocycles. The molecule has 0 saturated carbocycles. The second kappa shape index (κ2) is 16.0. The van der Waals surface area contributed by atoms with Crippen LogP contribution >= 0.6 is 23.2 Å². The highest BCUT2D eigenvalue weighted by molar-refractivity contribution is 6.36. The van der Waals surface area contributed by atoms with Crippen LogP contribution in [0.2, 0.25) is 10.0 Å². The standard InChI is InChI=1S/C11H8Cl2N2O.C8H8O4.C6H10O5/c1-6-8(12)4-7(5-9(6)13)10-2-3-11(16)15-14-10;1-4-3-6(10)7(5(2)9)8(11)12-4;1-3-9-5(7)11-6(8)10-4-2/h2-5H,1H3,(H,15,16);3,7H,1-2H3;3-4H2,1-2H3. The van der Waals surface area contributed by atoms with E-state index in [-0.39, 0.29) is 24.5 Å². The number of hydrogen-bond donors (Lipinski definition) is 1. The van der Waals surface area contributed by atoms with Gasteiger partial charge in [0.25, 0.3) is 5.56 Å². The Bertz CT molecular complexity index is 1260. The normalized spacial score (nSPS) is 13.8. The summed E-state index contributed by atoms with van der Waals surface area (Å²) in [6, 6.07) is 6.56. The van der Waals surface area contributed by atoms with Gasteiger partial charge in [-0.05, 0) is 58.4 Å². The Labute approximate surface area is 233 Å². The van der Waals surface area contributed by atoms with E-state index >= 15 is 0 Å². The molecule has 1 aliphatic rings. The fourth-order valence-electron chi connectivity index (χ4n) is 2.67. The summed E-state index contributed by atoms with van der Waals surface area (Å²) >= 11 is 12.0. The molecule has 1 N–H and O–H groups in total. The van der Waals surface area contributed by atoms with Gasteiger partial charge in [0.1, 0.15) is 5.76 Å². The summed E-state index contributed by atoms with van der Waals surface area (Å²) in [6.07, 6.45) is -0.912. The number of halogens is 2. The lowest BCUT2D eigenvalue weighted by molar-refractivity contribution is -0.152. The Hall–Kier alpha value is -4.03. The fourth-order valence-corrected chi connectivity index (χ4v) is 3.16. The Morgan fingerprint density at radius 3 is 1.92 bits per heavy atom. The van der Waals surface area contributed by atoms with Crippen molar-refractivity contribution in [2.45, 2.75) is 34.6 Å². The first-order valence-electron chi connectivity index (χ1n) is 11.3. The van der Waals surface area contributed by atoms with Crippen LogP contribution in [0.3, 0.4) is 0 Å². The lowest BCUT2D eigenvalue weighted by Crippen LogP contribution is -2.33. The number of aromatic nitrogens is 2. The number of ketones is 2. The van der Waals surface area contributed by atoms with Gasteiger partial charge in [0, 0.05) is 27.8 Å². The summed E-state index contributed by atoms with van der Waals surface area (Å²) < 4.78 is 17.2. The summed E-state index contributed by atoms with van der Waals surface area (Å²) in [5, 5.41) is 7.42. The molecule has 1 unspecified atom stereocenters. The summed E-state index contributed by atoms with van der Waals surface area (Å²) in [4.78, 5) is 64.4. The molecule has 1 aliphatic heterocycles. The van der Waals surface area contributed by atoms with Crippen LogP contribution in [0.25, 0.3) is 11.3 Å². The Kier molecular flexibility index (Phi) is 13.6. The van der Waals surface area contributed by atoms with E-state index in [1.807, 2.05) is 6.92 Å². The predicted octanol–water partition coefficient (Wildman–Crippen LogP) is 4.59. The van der Waals surface area contributed by atoms with Crippen molar-refractivity contribution in [2.24, 2.45) is 5.92 Å². The third-order valence-corrected chi connectivity index (χ3v) is 5.27. The number of esters is 1. The monoisotopic (exact) mass is 584 g/mol. The van der Waals surface area contributed by atoms with Crippen molar-refractivity contribution in [1.82, 2.24) is 10.2 Å². The number of cyclic esters (lactones) is 1. The number of Topliss-reactive ketones (excluding diaryl/α,β-unsaturated/α-hetero) is 1. The van der Waals surface area contributed by atoms with Gasteiger partial charge in [-0.15, -0.1) is 0 Å². The molecule has 210 valence electrons. The van der Waals surface area contributed by atoms with Crippen LogP contribution in [0.15, 0.2) is 40.9 Å². The molecule has 2 aromatic rings. The maximum Gasteiger partial charge on any atom is 0.518 e. The van der Waals surface area contributed by atoms with Crippen LogP contribution < -0.4 is 5.56 Å². The third kappa shape index (κ3) is 11.1. The zero-order chi connectivity index (χ0) is 29.7. The van der Waals surface area contributed by atoms with Crippen LogP contribution in [-0.2, 0) is 33.3 Å². The molecule has 1 aromatic carbocycles. The topological polar surface area (TPSA) is 168 Å². The minimum absolute atomic E-state index is 0.165. The number of benzene rings is 1. The van der Waals surface area contributed by atoms with E-state index in [9.17, 15) is 28.8 Å². The number of rotatable bonds is 4. The van der Waals surface area contributed by atoms with E-state index in [0.29, 0.717) is 15.7 Å². The van der Waals surface area contributed by atoms with Gasteiger partial charge in [0.2, 0.25) is 0 Å². The fraction of sp³-hybridized carbons (Fsp3) is 0.320. The first-order chi connectivity index (χ1) is 18.3. The summed E-state index contributed by atoms with van der Waals surface area (Å²) in [5.74, 6) is -2.74. The molecule has 39 heavy (non-hydrogen) atoms. The molecule has 0 spiro atoms. The number of H-pyrrole nitrogens is 1. The van der Waals surface area contributed by atoms with E-state index in [1.54, 1.807) is 32.0 Å². The molecule has 1 aromatic heterocycles. The van der Waals surface area contributed by atoms with Crippen molar-refractivity contribution >= 4 is 53.0 Å². The van der Waals surface area contributed by atoms with Gasteiger partial charge in [-0.2, -0.15) is 5.10 Å². The molecule has 3 rings (SSSR count). The first-order valence-corrected chi connectivity index (χ1v) is 12.0. The van der Waals surface area contributed by atoms with E-state index in [4.69, 9.17) is 23.2 Å². The van der Waals surface area contributed by atoms with Gasteiger partial charge in [0.15, 0.2) is 17.5 Å². The van der Waals surface area contributed by atoms with Gasteiger partial charge in [-0.25, -0.2) is 14.7 Å². The Morgan fingerprint density at radius 1 is 0.974 bits per heavy atom. The number of carbonyl (C=O) groups excluding carboxylic acids is 5. The smallest absolute Gasteiger partial charge is 0.434 e. The highest BCUT2D eigenvalue weighted by atomic mass is 35.5. The zero-order valence-corrected chi connectivity index (χ0v) is 23.2. The summed E-state index contributed by atoms with van der Waals surface area (Å²) in [7, 11) is 0. The average Bonchev–Trinajstić information content (AvgIpc) is 2.83.